The van der Waals surface area contributed by atoms with Crippen LogP contribution in [0.4, 0.5) is 10.1 Å². The maximum atomic E-state index is 15.2. The predicted molar refractivity (Wildman–Crippen MR) is 133 cm³/mol. The first-order valence-electron chi connectivity index (χ1n) is 11.6. The second kappa shape index (κ2) is 8.98. The molecule has 0 saturated carbocycles. The summed E-state index contributed by atoms with van der Waals surface area (Å²) in [4.78, 5) is 16.1. The Morgan fingerprint density at radius 1 is 1.22 bits per heavy atom. The second-order valence-electron chi connectivity index (χ2n) is 9.58. The molecule has 12 heteroatoms. The van der Waals surface area contributed by atoms with Crippen molar-refractivity contribution in [2.45, 2.75) is 43.7 Å². The van der Waals surface area contributed by atoms with Gasteiger partial charge < -0.3 is 14.2 Å². The number of nitrogens with one attached hydrogen (secondary N) is 1. The van der Waals surface area contributed by atoms with E-state index in [-0.39, 0.29) is 23.5 Å². The Morgan fingerprint density at radius 2 is 1.94 bits per heavy atom. The molecule has 5 rings (SSSR count). The van der Waals surface area contributed by atoms with Crippen LogP contribution >= 0.6 is 11.6 Å². The summed E-state index contributed by atoms with van der Waals surface area (Å²) in [5.41, 5.74) is 2.42. The molecule has 0 amide bonds. The molecule has 1 saturated heterocycles. The zero-order valence-electron chi connectivity index (χ0n) is 20.3. The van der Waals surface area contributed by atoms with Gasteiger partial charge in [0.1, 0.15) is 16.8 Å². The number of sulfonamides is 1. The van der Waals surface area contributed by atoms with Crippen molar-refractivity contribution in [3.05, 3.63) is 74.3 Å². The molecular formula is C24H27ClFN5O4S. The standard InChI is InChI=1S/C24H27ClFN5O4S/c1-13-5-7-18(26)21(14(13)2)15(3)22(23-27-28-24(32)35-23)31-12-30(17-10-29(4)11-17)19-9-16(25)6-8-20(19)36(31,33)34/h5-9,15,17,22H,10-12H2,1-4H3,(H,28,32)/t15-,22+/m1/s1. The Balaban J connectivity index is 1.69. The van der Waals surface area contributed by atoms with Gasteiger partial charge in [0, 0.05) is 24.0 Å². The van der Waals surface area contributed by atoms with Crippen LogP contribution in [0.25, 0.3) is 0 Å². The maximum Gasteiger partial charge on any atom is 0.434 e. The van der Waals surface area contributed by atoms with Gasteiger partial charge in [-0.3, -0.25) is 0 Å². The van der Waals surface area contributed by atoms with Crippen molar-refractivity contribution in [1.82, 2.24) is 19.4 Å². The Hall–Kier alpha value is -2.73. The van der Waals surface area contributed by atoms with Crippen molar-refractivity contribution >= 4 is 27.3 Å². The van der Waals surface area contributed by atoms with Gasteiger partial charge >= 0.3 is 5.76 Å². The molecule has 0 spiro atoms. The van der Waals surface area contributed by atoms with Crippen molar-refractivity contribution in [3.63, 3.8) is 0 Å². The van der Waals surface area contributed by atoms with Gasteiger partial charge in [0.2, 0.25) is 15.9 Å². The number of halogens is 2. The van der Waals surface area contributed by atoms with Gasteiger partial charge in [0.15, 0.2) is 0 Å². The highest BCUT2D eigenvalue weighted by atomic mass is 35.5. The lowest BCUT2D eigenvalue weighted by atomic mass is 9.87. The lowest BCUT2D eigenvalue weighted by Crippen LogP contribution is -2.62. The van der Waals surface area contributed by atoms with Crippen LogP contribution in [0.3, 0.4) is 0 Å². The summed E-state index contributed by atoms with van der Waals surface area (Å²) in [6.07, 6.45) is 0. The zero-order valence-corrected chi connectivity index (χ0v) is 21.9. The number of likely N-dealkylation sites (N-methyl/N-ethyl adjacent to an activating group) is 1. The summed E-state index contributed by atoms with van der Waals surface area (Å²) in [7, 11) is -2.12. The lowest BCUT2D eigenvalue weighted by Gasteiger charge is -2.50. The molecule has 1 aromatic heterocycles. The van der Waals surface area contributed by atoms with Crippen LogP contribution in [-0.4, -0.2) is 60.7 Å². The number of aryl methyl sites for hydroxylation is 1. The smallest absolute Gasteiger partial charge is 0.391 e. The number of benzene rings is 2. The molecule has 1 N–H and O–H groups in total. The van der Waals surface area contributed by atoms with E-state index in [1.54, 1.807) is 26.0 Å². The summed E-state index contributed by atoms with van der Waals surface area (Å²) in [6, 6.07) is 6.67. The molecule has 3 aromatic rings. The van der Waals surface area contributed by atoms with Crippen molar-refractivity contribution in [2.24, 2.45) is 0 Å². The van der Waals surface area contributed by atoms with Gasteiger partial charge in [0.25, 0.3) is 0 Å². The molecular weight excluding hydrogens is 509 g/mol. The summed E-state index contributed by atoms with van der Waals surface area (Å²) in [5.74, 6) is -2.14. The van der Waals surface area contributed by atoms with Crippen LogP contribution < -0.4 is 10.7 Å². The summed E-state index contributed by atoms with van der Waals surface area (Å²) in [6.45, 7) is 6.82. The summed E-state index contributed by atoms with van der Waals surface area (Å²) >= 11 is 6.26. The van der Waals surface area contributed by atoms with Crippen LogP contribution in [0, 0.1) is 19.7 Å². The van der Waals surface area contributed by atoms with Crippen LogP contribution in [0.2, 0.25) is 5.02 Å². The molecule has 0 unspecified atom stereocenters. The second-order valence-corrected chi connectivity index (χ2v) is 11.9. The summed E-state index contributed by atoms with van der Waals surface area (Å²) in [5, 5.41) is 6.64. The highest BCUT2D eigenvalue weighted by molar-refractivity contribution is 7.89. The molecule has 2 aliphatic heterocycles. The Kier molecular flexibility index (Phi) is 6.22. The van der Waals surface area contributed by atoms with Crippen molar-refractivity contribution in [1.29, 1.82) is 0 Å². The van der Waals surface area contributed by atoms with Gasteiger partial charge in [-0.05, 0) is 61.9 Å². The first kappa shape index (κ1) is 24.9. The fourth-order valence-corrected chi connectivity index (χ4v) is 7.20. The average Bonchev–Trinajstić information content (AvgIpc) is 3.22. The molecule has 0 radical (unpaired) electrons. The van der Waals surface area contributed by atoms with E-state index >= 15 is 4.39 Å². The number of H-pyrrole nitrogens is 1. The normalized spacial score (nSPS) is 20.1. The molecule has 0 aliphatic carbocycles. The number of nitrogens with zero attached hydrogens (tertiary/aromatic N) is 4. The Labute approximate surface area is 213 Å². The number of fused-ring (bicyclic) bond motifs is 1. The van der Waals surface area contributed by atoms with Gasteiger partial charge in [-0.15, -0.1) is 5.10 Å². The molecule has 1 fully saturated rings. The monoisotopic (exact) mass is 535 g/mol. The van der Waals surface area contributed by atoms with E-state index in [2.05, 4.69) is 15.1 Å². The minimum Gasteiger partial charge on any atom is -0.391 e. The fraction of sp³-hybridized carbons (Fsp3) is 0.417. The third-order valence-electron chi connectivity index (χ3n) is 7.27. The first-order chi connectivity index (χ1) is 17.0. The molecule has 192 valence electrons. The van der Waals surface area contributed by atoms with Crippen molar-refractivity contribution in [2.75, 3.05) is 31.7 Å². The maximum absolute atomic E-state index is 15.2. The summed E-state index contributed by atoms with van der Waals surface area (Å²) < 4.78 is 49.8. The first-order valence-corrected chi connectivity index (χ1v) is 13.4. The van der Waals surface area contributed by atoms with Gasteiger partial charge in [-0.25, -0.2) is 22.7 Å². The molecule has 0 bridgehead atoms. The highest BCUT2D eigenvalue weighted by Gasteiger charge is 2.47. The van der Waals surface area contributed by atoms with E-state index in [4.69, 9.17) is 16.0 Å². The van der Waals surface area contributed by atoms with Crippen LogP contribution in [0.5, 0.6) is 0 Å². The number of hydrogen-bond acceptors (Lipinski definition) is 7. The third-order valence-corrected chi connectivity index (χ3v) is 9.37. The fourth-order valence-electron chi connectivity index (χ4n) is 5.25. The van der Waals surface area contributed by atoms with Gasteiger partial charge in [-0.1, -0.05) is 24.6 Å². The Bertz CT molecular complexity index is 1480. The molecule has 2 aliphatic rings. The van der Waals surface area contributed by atoms with E-state index < -0.39 is 33.6 Å². The number of rotatable bonds is 5. The SMILES string of the molecule is Cc1ccc(F)c([C@@H](C)[C@@H](c2n[nH]c(=O)o2)N2CN(C3CN(C)C3)c3cc(Cl)ccc3S2(=O)=O)c1C. The van der Waals surface area contributed by atoms with E-state index in [0.717, 1.165) is 18.7 Å². The molecule has 3 heterocycles. The molecule has 2 atom stereocenters. The number of anilines is 1. The quantitative estimate of drug-likeness (QED) is 0.534. The van der Waals surface area contributed by atoms with Crippen molar-refractivity contribution < 1.29 is 17.2 Å². The van der Waals surface area contributed by atoms with E-state index in [1.165, 1.54) is 22.5 Å². The van der Waals surface area contributed by atoms with Gasteiger partial charge in [-0.2, -0.15) is 4.31 Å². The number of hydrogen-bond donors (Lipinski definition) is 1. The minimum absolute atomic E-state index is 0.0355. The van der Waals surface area contributed by atoms with E-state index in [0.29, 0.717) is 21.8 Å². The number of likely N-dealkylation sites (tertiary alicyclic amines) is 1. The highest BCUT2D eigenvalue weighted by Crippen LogP contribution is 2.45. The van der Waals surface area contributed by atoms with Crippen LogP contribution in [0.15, 0.2) is 44.4 Å². The average molecular weight is 536 g/mol. The topological polar surface area (TPSA) is 103 Å². The number of aromatic nitrogens is 2. The Morgan fingerprint density at radius 3 is 2.58 bits per heavy atom. The van der Waals surface area contributed by atoms with Gasteiger partial charge in [0.05, 0.1) is 18.4 Å². The van der Waals surface area contributed by atoms with Crippen LogP contribution in [-0.2, 0) is 10.0 Å². The number of aromatic amines is 1. The zero-order chi connectivity index (χ0) is 25.9. The third kappa shape index (κ3) is 4.03. The lowest BCUT2D eigenvalue weighted by molar-refractivity contribution is 0.160. The predicted octanol–water partition coefficient (Wildman–Crippen LogP) is 3.40. The van der Waals surface area contributed by atoms with E-state index in [9.17, 15) is 13.2 Å². The molecule has 36 heavy (non-hydrogen) atoms. The van der Waals surface area contributed by atoms with E-state index in [1.807, 2.05) is 18.9 Å². The largest absolute Gasteiger partial charge is 0.434 e. The van der Waals surface area contributed by atoms with Crippen LogP contribution in [0.1, 0.15) is 41.5 Å². The molecule has 2 aromatic carbocycles. The minimum atomic E-state index is -4.11. The molecule has 9 nitrogen and oxygen atoms in total. The van der Waals surface area contributed by atoms with Crippen molar-refractivity contribution in [3.8, 4) is 0 Å².